The number of hydrogen-bond donors (Lipinski definition) is 2. The van der Waals surface area contributed by atoms with Crippen molar-refractivity contribution in [2.75, 3.05) is 14.2 Å². The van der Waals surface area contributed by atoms with Crippen molar-refractivity contribution in [1.29, 1.82) is 0 Å². The first kappa shape index (κ1) is 19.3. The number of amidine groups is 1. The third-order valence-corrected chi connectivity index (χ3v) is 4.11. The van der Waals surface area contributed by atoms with Crippen LogP contribution in [0.25, 0.3) is 0 Å². The van der Waals surface area contributed by atoms with Crippen LogP contribution >= 0.6 is 11.8 Å². The van der Waals surface area contributed by atoms with Crippen LogP contribution in [0.4, 0.5) is 0 Å². The highest BCUT2D eigenvalue weighted by atomic mass is 32.2. The number of nitrogens with one attached hydrogen (secondary N) is 1. The van der Waals surface area contributed by atoms with Crippen molar-refractivity contribution in [1.82, 2.24) is 5.32 Å². The molecule has 1 aromatic rings. The van der Waals surface area contributed by atoms with Crippen LogP contribution in [0, 0.1) is 0 Å². The van der Waals surface area contributed by atoms with Crippen molar-refractivity contribution in [2.24, 2.45) is 10.2 Å². The van der Waals surface area contributed by atoms with Gasteiger partial charge in [0.05, 0.1) is 25.3 Å². The molecule has 9 heteroatoms. The summed E-state index contributed by atoms with van der Waals surface area (Å²) in [6.07, 6.45) is 4.74. The number of phenolic OH excluding ortho intramolecular Hbond substituents is 1. The molecule has 1 aliphatic rings. The molecule has 2 rings (SSSR count). The largest absolute Gasteiger partial charge is 0.504 e. The number of carbonyl (C=O) groups is 2. The van der Waals surface area contributed by atoms with Crippen molar-refractivity contribution in [2.45, 2.75) is 6.42 Å². The summed E-state index contributed by atoms with van der Waals surface area (Å²) in [4.78, 5) is 23.1. The number of phenols is 1. The van der Waals surface area contributed by atoms with E-state index < -0.39 is 11.9 Å². The number of hydrogen-bond acceptors (Lipinski definition) is 8. The van der Waals surface area contributed by atoms with Gasteiger partial charge >= 0.3 is 5.97 Å². The fourth-order valence-electron chi connectivity index (χ4n) is 2.01. The van der Waals surface area contributed by atoms with E-state index in [9.17, 15) is 14.7 Å². The second kappa shape index (κ2) is 8.86. The van der Waals surface area contributed by atoms with Gasteiger partial charge in [0.2, 0.25) is 0 Å². The lowest BCUT2D eigenvalue weighted by Gasteiger charge is -2.08. The molecule has 0 saturated carbocycles. The molecule has 0 aliphatic carbocycles. The van der Waals surface area contributed by atoms with Crippen molar-refractivity contribution >= 4 is 35.0 Å². The normalized spacial score (nSPS) is 16.9. The molecule has 0 aromatic heterocycles. The van der Waals surface area contributed by atoms with Crippen LogP contribution in [0.3, 0.4) is 0 Å². The lowest BCUT2D eigenvalue weighted by molar-refractivity contribution is -0.135. The zero-order chi connectivity index (χ0) is 19.1. The van der Waals surface area contributed by atoms with E-state index in [2.05, 4.69) is 26.8 Å². The van der Waals surface area contributed by atoms with E-state index in [-0.39, 0.29) is 15.8 Å². The summed E-state index contributed by atoms with van der Waals surface area (Å²) in [6, 6.07) is 3.43. The highest BCUT2D eigenvalue weighted by molar-refractivity contribution is 8.18. The number of ether oxygens (including phenoxy) is 2. The van der Waals surface area contributed by atoms with Gasteiger partial charge in [-0.25, -0.2) is 4.79 Å². The zero-order valence-corrected chi connectivity index (χ0v) is 15.0. The predicted octanol–water partition coefficient (Wildman–Crippen LogP) is 1.74. The average Bonchev–Trinajstić information content (AvgIpc) is 2.96. The predicted molar refractivity (Wildman–Crippen MR) is 99.4 cm³/mol. The van der Waals surface area contributed by atoms with E-state index in [4.69, 9.17) is 4.74 Å². The van der Waals surface area contributed by atoms with Crippen molar-refractivity contribution in [3.05, 3.63) is 46.9 Å². The maximum absolute atomic E-state index is 11.7. The van der Waals surface area contributed by atoms with Gasteiger partial charge in [0.15, 0.2) is 16.7 Å². The first-order valence-electron chi connectivity index (χ1n) is 7.39. The fourth-order valence-corrected chi connectivity index (χ4v) is 2.75. The second-order valence-electron chi connectivity index (χ2n) is 4.97. The molecule has 1 saturated heterocycles. The van der Waals surface area contributed by atoms with E-state index in [1.54, 1.807) is 18.2 Å². The fraction of sp³-hybridized carbons (Fsp3) is 0.176. The van der Waals surface area contributed by atoms with Crippen molar-refractivity contribution < 1.29 is 24.2 Å². The number of amides is 1. The van der Waals surface area contributed by atoms with Gasteiger partial charge in [-0.15, -0.1) is 11.7 Å². The molecule has 8 nitrogen and oxygen atoms in total. The number of methoxy groups -OCH3 is 2. The Kier molecular flexibility index (Phi) is 6.56. The van der Waals surface area contributed by atoms with Gasteiger partial charge in [-0.2, -0.15) is 5.10 Å². The lowest BCUT2D eigenvalue weighted by Crippen LogP contribution is -2.19. The molecular weight excluding hydrogens is 358 g/mol. The maximum atomic E-state index is 11.7. The number of nitrogens with zero attached hydrogens (tertiary/aromatic N) is 2. The zero-order valence-electron chi connectivity index (χ0n) is 14.2. The molecule has 1 amide bonds. The molecule has 0 radical (unpaired) electrons. The Balaban J connectivity index is 2.20. The van der Waals surface area contributed by atoms with Crippen LogP contribution in [0.2, 0.25) is 0 Å². The van der Waals surface area contributed by atoms with E-state index in [1.807, 2.05) is 0 Å². The molecule has 0 atom stereocenters. The van der Waals surface area contributed by atoms with Gasteiger partial charge in [-0.1, -0.05) is 6.08 Å². The number of esters is 1. The van der Waals surface area contributed by atoms with E-state index in [0.29, 0.717) is 17.7 Å². The minimum Gasteiger partial charge on any atom is -0.504 e. The third kappa shape index (κ3) is 4.73. The van der Waals surface area contributed by atoms with Gasteiger partial charge in [0.1, 0.15) is 0 Å². The number of allylic oxidation sites excluding steroid dienone is 1. The maximum Gasteiger partial charge on any atom is 0.331 e. The number of benzene rings is 1. The lowest BCUT2D eigenvalue weighted by atomic mass is 10.1. The minimum atomic E-state index is -0.636. The quantitative estimate of drug-likeness (QED) is 0.258. The molecule has 1 heterocycles. The number of carbonyl (C=O) groups excluding carboxylic acids is 2. The van der Waals surface area contributed by atoms with Gasteiger partial charge in [0, 0.05) is 11.6 Å². The highest BCUT2D eigenvalue weighted by Gasteiger charge is 2.25. The van der Waals surface area contributed by atoms with Crippen LogP contribution < -0.4 is 10.1 Å². The molecule has 0 unspecified atom stereocenters. The Labute approximate surface area is 154 Å². The topological polar surface area (TPSA) is 110 Å². The SMILES string of the molecule is C=CCc1cc(C=N/N=C2/NC(=O)/C(=C\C(=O)OC)S2)c(O)c(OC)c1. The van der Waals surface area contributed by atoms with Gasteiger partial charge in [-0.3, -0.25) is 10.1 Å². The summed E-state index contributed by atoms with van der Waals surface area (Å²) in [5.74, 6) is -0.862. The molecule has 1 aromatic carbocycles. The molecule has 26 heavy (non-hydrogen) atoms. The summed E-state index contributed by atoms with van der Waals surface area (Å²) in [7, 11) is 2.67. The van der Waals surface area contributed by atoms with Crippen LogP contribution in [0.5, 0.6) is 11.5 Å². The van der Waals surface area contributed by atoms with E-state index in [0.717, 1.165) is 23.4 Å². The number of aromatic hydroxyl groups is 1. The van der Waals surface area contributed by atoms with Gasteiger partial charge < -0.3 is 14.6 Å². The van der Waals surface area contributed by atoms with Crippen molar-refractivity contribution in [3.8, 4) is 11.5 Å². The Morgan fingerprint density at radius 1 is 1.42 bits per heavy atom. The van der Waals surface area contributed by atoms with Gasteiger partial charge in [-0.05, 0) is 35.9 Å². The monoisotopic (exact) mass is 375 g/mol. The summed E-state index contributed by atoms with van der Waals surface area (Å²) in [5.41, 5.74) is 1.29. The van der Waals surface area contributed by atoms with Crippen LogP contribution in [0.15, 0.2) is 46.0 Å². The van der Waals surface area contributed by atoms with Gasteiger partial charge in [0.25, 0.3) is 5.91 Å². The van der Waals surface area contributed by atoms with E-state index >= 15 is 0 Å². The Bertz CT molecular complexity index is 830. The second-order valence-corrected chi connectivity index (χ2v) is 6.00. The Morgan fingerprint density at radius 2 is 2.19 bits per heavy atom. The molecule has 0 spiro atoms. The molecule has 1 fully saturated rings. The molecule has 1 aliphatic heterocycles. The Hall–Kier alpha value is -3.07. The first-order valence-corrected chi connectivity index (χ1v) is 8.20. The van der Waals surface area contributed by atoms with Crippen molar-refractivity contribution in [3.63, 3.8) is 0 Å². The average molecular weight is 375 g/mol. The smallest absolute Gasteiger partial charge is 0.331 e. The molecule has 0 bridgehead atoms. The molecule has 2 N–H and O–H groups in total. The summed E-state index contributed by atoms with van der Waals surface area (Å²) >= 11 is 0.956. The summed E-state index contributed by atoms with van der Waals surface area (Å²) in [6.45, 7) is 3.68. The first-order chi connectivity index (χ1) is 12.5. The van der Waals surface area contributed by atoms with Crippen LogP contribution in [-0.4, -0.2) is 42.6 Å². The number of thioether (sulfide) groups is 1. The minimum absolute atomic E-state index is 0.0707. The van der Waals surface area contributed by atoms with Crippen LogP contribution in [-0.2, 0) is 20.7 Å². The molecular formula is C17H17N3O5S. The standard InChI is InChI=1S/C17H17N3O5S/c1-4-5-10-6-11(15(22)12(7-10)24-2)9-18-20-17-19-16(23)13(26-17)8-14(21)25-3/h4,6-9,22H,1,5H2,2-3H3,(H,19,20,23)/b13-8+,18-9?. The highest BCUT2D eigenvalue weighted by Crippen LogP contribution is 2.31. The third-order valence-electron chi connectivity index (χ3n) is 3.21. The molecule has 136 valence electrons. The van der Waals surface area contributed by atoms with Crippen LogP contribution in [0.1, 0.15) is 11.1 Å². The summed E-state index contributed by atoms with van der Waals surface area (Å²) in [5, 5.41) is 20.6. The Morgan fingerprint density at radius 3 is 2.85 bits per heavy atom. The summed E-state index contributed by atoms with van der Waals surface area (Å²) < 4.78 is 9.61. The number of rotatable bonds is 6. The van der Waals surface area contributed by atoms with E-state index in [1.165, 1.54) is 20.4 Å².